The van der Waals surface area contributed by atoms with Gasteiger partial charge in [-0.3, -0.25) is 9.98 Å². The van der Waals surface area contributed by atoms with Crippen molar-refractivity contribution in [3.05, 3.63) is 53.9 Å². The van der Waals surface area contributed by atoms with Crippen LogP contribution in [0.5, 0.6) is 5.75 Å². The van der Waals surface area contributed by atoms with Gasteiger partial charge in [0, 0.05) is 35.9 Å². The number of nitrogens with zero attached hydrogens (tertiary/aromatic N) is 2. The molecule has 0 aliphatic rings. The number of hydrogen-bond acceptors (Lipinski definition) is 4. The van der Waals surface area contributed by atoms with Crippen LogP contribution in [0.2, 0.25) is 0 Å². The van der Waals surface area contributed by atoms with E-state index in [1.165, 1.54) is 6.07 Å². The van der Waals surface area contributed by atoms with Gasteiger partial charge in [-0.15, -0.1) is 0 Å². The van der Waals surface area contributed by atoms with Crippen molar-refractivity contribution in [2.45, 2.75) is 13.8 Å². The normalized spacial score (nSPS) is 9.79. The molecule has 0 saturated carbocycles. The molecule has 0 atom stereocenters. The molecule has 4 nitrogen and oxygen atoms in total. The van der Waals surface area contributed by atoms with E-state index in [-0.39, 0.29) is 5.75 Å². The molecule has 0 radical (unpaired) electrons. The van der Waals surface area contributed by atoms with Crippen LogP contribution in [0.1, 0.15) is 25.0 Å². The van der Waals surface area contributed by atoms with E-state index in [9.17, 15) is 5.11 Å². The Bertz CT molecular complexity index is 551. The highest BCUT2D eigenvalue weighted by Crippen LogP contribution is 2.22. The molecule has 0 fully saturated rings. The summed E-state index contributed by atoms with van der Waals surface area (Å²) in [6.45, 7) is 4.00. The van der Waals surface area contributed by atoms with Crippen LogP contribution in [0, 0.1) is 5.41 Å². The van der Waals surface area contributed by atoms with Crippen molar-refractivity contribution in [2.24, 2.45) is 4.99 Å². The number of hydrogen-bond donors (Lipinski definition) is 2. The molecule has 1 aromatic heterocycles. The molecular formula is C15H17N3O. The second kappa shape index (κ2) is 7.76. The predicted octanol–water partition coefficient (Wildman–Crippen LogP) is 3.56. The summed E-state index contributed by atoms with van der Waals surface area (Å²) in [5, 5.41) is 16.5. The second-order valence-corrected chi connectivity index (χ2v) is 3.43. The minimum absolute atomic E-state index is 0.129. The van der Waals surface area contributed by atoms with Gasteiger partial charge < -0.3 is 10.5 Å². The summed E-state index contributed by atoms with van der Waals surface area (Å²) >= 11 is 0. The Hall–Kier alpha value is -2.49. The summed E-state index contributed by atoms with van der Waals surface area (Å²) in [6.07, 6.45) is 6.23. The van der Waals surface area contributed by atoms with Crippen molar-refractivity contribution in [3.8, 4) is 5.75 Å². The lowest BCUT2D eigenvalue weighted by Gasteiger charge is -2.00. The second-order valence-electron chi connectivity index (χ2n) is 3.43. The number of aliphatic imine (C=N–C) groups is 1. The van der Waals surface area contributed by atoms with Gasteiger partial charge in [0.15, 0.2) is 0 Å². The molecule has 4 heteroatoms. The zero-order chi connectivity index (χ0) is 14.1. The van der Waals surface area contributed by atoms with Crippen molar-refractivity contribution in [1.82, 2.24) is 4.98 Å². The van der Waals surface area contributed by atoms with E-state index in [1.807, 2.05) is 26.0 Å². The summed E-state index contributed by atoms with van der Waals surface area (Å²) in [5.41, 5.74) is 2.10. The average molecular weight is 255 g/mol. The molecule has 2 rings (SSSR count). The fourth-order valence-corrected chi connectivity index (χ4v) is 1.37. The fourth-order valence-electron chi connectivity index (χ4n) is 1.37. The monoisotopic (exact) mass is 255 g/mol. The van der Waals surface area contributed by atoms with Gasteiger partial charge in [0.25, 0.3) is 0 Å². The molecular weight excluding hydrogens is 238 g/mol. The Kier molecular flexibility index (Phi) is 5.95. The van der Waals surface area contributed by atoms with E-state index >= 15 is 0 Å². The highest BCUT2D eigenvalue weighted by atomic mass is 16.3. The van der Waals surface area contributed by atoms with E-state index < -0.39 is 0 Å². The standard InChI is InChI=1S/C13H11N3O.C2H6/c14-7-11-6-12(17)3-4-13(11)16-9-10-2-1-5-15-8-10;1-2/h1-9,14,17H;1-2H3. The maximum absolute atomic E-state index is 9.29. The SMILES string of the molecule is CC.N=Cc1cc(O)ccc1N=Cc1cccnc1. The van der Waals surface area contributed by atoms with Crippen LogP contribution in [0.4, 0.5) is 5.69 Å². The highest BCUT2D eigenvalue weighted by Gasteiger charge is 1.99. The molecule has 0 bridgehead atoms. The molecule has 0 saturated heterocycles. The Morgan fingerprint density at radius 3 is 2.68 bits per heavy atom. The maximum atomic E-state index is 9.29. The van der Waals surface area contributed by atoms with Crippen molar-refractivity contribution >= 4 is 18.1 Å². The molecule has 0 unspecified atom stereocenters. The number of phenols is 1. The van der Waals surface area contributed by atoms with Gasteiger partial charge in [0.05, 0.1) is 5.69 Å². The molecule has 19 heavy (non-hydrogen) atoms. The van der Waals surface area contributed by atoms with Crippen LogP contribution in [-0.2, 0) is 0 Å². The van der Waals surface area contributed by atoms with Crippen LogP contribution >= 0.6 is 0 Å². The fraction of sp³-hybridized carbons (Fsp3) is 0.133. The van der Waals surface area contributed by atoms with Gasteiger partial charge in [0.1, 0.15) is 5.75 Å². The first-order valence-electron chi connectivity index (χ1n) is 6.07. The predicted molar refractivity (Wildman–Crippen MR) is 78.8 cm³/mol. The maximum Gasteiger partial charge on any atom is 0.116 e. The van der Waals surface area contributed by atoms with E-state index in [2.05, 4.69) is 9.98 Å². The van der Waals surface area contributed by atoms with Gasteiger partial charge in [0.2, 0.25) is 0 Å². The Morgan fingerprint density at radius 1 is 1.26 bits per heavy atom. The number of rotatable bonds is 3. The zero-order valence-corrected chi connectivity index (χ0v) is 11.0. The first-order chi connectivity index (χ1) is 9.29. The first kappa shape index (κ1) is 14.6. The molecule has 1 aromatic carbocycles. The number of benzene rings is 1. The summed E-state index contributed by atoms with van der Waals surface area (Å²) in [7, 11) is 0. The van der Waals surface area contributed by atoms with Gasteiger partial charge in [-0.25, -0.2) is 0 Å². The minimum Gasteiger partial charge on any atom is -0.508 e. The van der Waals surface area contributed by atoms with Gasteiger partial charge in [-0.05, 0) is 24.3 Å². The van der Waals surface area contributed by atoms with Crippen LogP contribution < -0.4 is 0 Å². The molecule has 0 aliphatic heterocycles. The minimum atomic E-state index is 0.129. The molecule has 0 amide bonds. The quantitative estimate of drug-likeness (QED) is 0.823. The Morgan fingerprint density at radius 2 is 2.05 bits per heavy atom. The van der Waals surface area contributed by atoms with Crippen molar-refractivity contribution < 1.29 is 5.11 Å². The lowest BCUT2D eigenvalue weighted by atomic mass is 10.2. The summed E-state index contributed by atoms with van der Waals surface area (Å²) in [4.78, 5) is 8.24. The van der Waals surface area contributed by atoms with E-state index in [0.29, 0.717) is 11.3 Å². The third-order valence-electron chi connectivity index (χ3n) is 2.20. The molecule has 0 spiro atoms. The molecule has 2 aromatic rings. The molecule has 2 N–H and O–H groups in total. The van der Waals surface area contributed by atoms with Crippen molar-refractivity contribution in [1.29, 1.82) is 5.41 Å². The molecule has 98 valence electrons. The lowest BCUT2D eigenvalue weighted by Crippen LogP contribution is -1.84. The summed E-state index contributed by atoms with van der Waals surface area (Å²) in [5.74, 6) is 0.129. The topological polar surface area (TPSA) is 69.3 Å². The van der Waals surface area contributed by atoms with Gasteiger partial charge in [-0.2, -0.15) is 0 Å². The van der Waals surface area contributed by atoms with E-state index in [4.69, 9.17) is 5.41 Å². The lowest BCUT2D eigenvalue weighted by molar-refractivity contribution is 0.475. The Balaban J connectivity index is 0.000000861. The van der Waals surface area contributed by atoms with Crippen LogP contribution in [0.15, 0.2) is 47.7 Å². The molecule has 0 aliphatic carbocycles. The third kappa shape index (κ3) is 4.35. The van der Waals surface area contributed by atoms with Gasteiger partial charge in [-0.1, -0.05) is 19.9 Å². The number of pyridine rings is 1. The smallest absolute Gasteiger partial charge is 0.116 e. The number of phenolic OH excluding ortho intramolecular Hbond substituents is 1. The largest absolute Gasteiger partial charge is 0.508 e. The third-order valence-corrected chi connectivity index (χ3v) is 2.20. The Labute approximate surface area is 113 Å². The zero-order valence-electron chi connectivity index (χ0n) is 11.0. The van der Waals surface area contributed by atoms with Crippen LogP contribution in [0.25, 0.3) is 0 Å². The van der Waals surface area contributed by atoms with E-state index in [0.717, 1.165) is 11.8 Å². The van der Waals surface area contributed by atoms with Crippen LogP contribution in [0.3, 0.4) is 0 Å². The number of aromatic nitrogens is 1. The summed E-state index contributed by atoms with van der Waals surface area (Å²) in [6, 6.07) is 8.44. The van der Waals surface area contributed by atoms with Gasteiger partial charge >= 0.3 is 0 Å². The van der Waals surface area contributed by atoms with Crippen molar-refractivity contribution in [3.63, 3.8) is 0 Å². The van der Waals surface area contributed by atoms with E-state index in [1.54, 1.807) is 30.7 Å². The number of aromatic hydroxyl groups is 1. The highest BCUT2D eigenvalue weighted by molar-refractivity contribution is 5.89. The van der Waals surface area contributed by atoms with Crippen LogP contribution in [-0.4, -0.2) is 22.5 Å². The first-order valence-corrected chi connectivity index (χ1v) is 6.07. The summed E-state index contributed by atoms with van der Waals surface area (Å²) < 4.78 is 0. The molecule has 1 heterocycles. The average Bonchev–Trinajstić information content (AvgIpc) is 2.49. The number of nitrogens with one attached hydrogen (secondary N) is 1. The van der Waals surface area contributed by atoms with Crippen molar-refractivity contribution in [2.75, 3.05) is 0 Å².